The molecule has 0 aliphatic carbocycles. The summed E-state index contributed by atoms with van der Waals surface area (Å²) in [7, 11) is 0. The molecule has 0 spiro atoms. The van der Waals surface area contributed by atoms with Crippen LogP contribution in [0.4, 0.5) is 0 Å². The van der Waals surface area contributed by atoms with E-state index in [0.29, 0.717) is 5.41 Å². The maximum absolute atomic E-state index is 2.52. The number of aromatic nitrogens is 1. The Bertz CT molecular complexity index is 636. The third-order valence-corrected chi connectivity index (χ3v) is 4.23. The van der Waals surface area contributed by atoms with Crippen LogP contribution in [-0.2, 0) is 6.54 Å². The van der Waals surface area contributed by atoms with Crippen molar-refractivity contribution in [2.75, 3.05) is 0 Å². The lowest BCUT2D eigenvalue weighted by atomic mass is 9.96. The van der Waals surface area contributed by atoms with Gasteiger partial charge in [0.1, 0.15) is 0 Å². The van der Waals surface area contributed by atoms with Crippen LogP contribution in [0.15, 0.2) is 6.07 Å². The van der Waals surface area contributed by atoms with Gasteiger partial charge in [0.15, 0.2) is 0 Å². The molecule has 0 unspecified atom stereocenters. The predicted molar refractivity (Wildman–Crippen MR) is 85.1 cm³/mol. The van der Waals surface area contributed by atoms with Crippen LogP contribution < -0.4 is 0 Å². The molecule has 0 bridgehead atoms. The van der Waals surface area contributed by atoms with Gasteiger partial charge in [-0.05, 0) is 62.3 Å². The maximum Gasteiger partial charge on any atom is 0.0517 e. The summed E-state index contributed by atoms with van der Waals surface area (Å²) in [6, 6.07) is 2.33. The molecular weight excluding hydrogens is 230 g/mol. The zero-order valence-electron chi connectivity index (χ0n) is 13.7. The number of hydrogen-bond acceptors (Lipinski definition) is 0. The first kappa shape index (κ1) is 14.2. The van der Waals surface area contributed by atoms with Crippen LogP contribution in [0.1, 0.15) is 48.7 Å². The van der Waals surface area contributed by atoms with Crippen LogP contribution in [0, 0.1) is 40.0 Å². The van der Waals surface area contributed by atoms with Crippen molar-refractivity contribution in [3.8, 4) is 0 Å². The molecule has 1 aromatic heterocycles. The van der Waals surface area contributed by atoms with Gasteiger partial charge in [0.25, 0.3) is 0 Å². The summed E-state index contributed by atoms with van der Waals surface area (Å²) in [5.74, 6) is 0. The van der Waals surface area contributed by atoms with Crippen LogP contribution in [0.2, 0.25) is 0 Å². The molecule has 1 heterocycles. The molecule has 0 N–H and O–H groups in total. The minimum absolute atomic E-state index is 0.300. The summed E-state index contributed by atoms with van der Waals surface area (Å²) < 4.78 is 2.52. The zero-order chi connectivity index (χ0) is 14.5. The highest BCUT2D eigenvalue weighted by molar-refractivity contribution is 5.91. The van der Waals surface area contributed by atoms with E-state index in [2.05, 4.69) is 66.0 Å². The number of hydrogen-bond donors (Lipinski definition) is 0. The van der Waals surface area contributed by atoms with E-state index in [1.807, 2.05) is 0 Å². The smallest absolute Gasteiger partial charge is 0.0517 e. The van der Waals surface area contributed by atoms with Crippen molar-refractivity contribution < 1.29 is 0 Å². The second-order valence-corrected chi connectivity index (χ2v) is 7.22. The van der Waals surface area contributed by atoms with E-state index >= 15 is 0 Å². The lowest BCUT2D eigenvalue weighted by molar-refractivity contribution is 0.346. The molecule has 2 aromatic rings. The Hall–Kier alpha value is -1.24. The van der Waals surface area contributed by atoms with Crippen LogP contribution >= 0.6 is 0 Å². The fourth-order valence-electron chi connectivity index (χ4n) is 3.10. The second-order valence-electron chi connectivity index (χ2n) is 7.22. The third kappa shape index (κ3) is 2.31. The Balaban J connectivity index is 2.86. The van der Waals surface area contributed by atoms with E-state index in [-0.39, 0.29) is 0 Å². The lowest BCUT2D eigenvalue weighted by Gasteiger charge is -2.22. The third-order valence-electron chi connectivity index (χ3n) is 4.23. The molecule has 0 saturated heterocycles. The molecule has 1 nitrogen and oxygen atoms in total. The number of aryl methyl sites for hydroxylation is 4. The highest BCUT2D eigenvalue weighted by atomic mass is 15.0. The van der Waals surface area contributed by atoms with Crippen molar-refractivity contribution in [1.82, 2.24) is 4.57 Å². The van der Waals surface area contributed by atoms with E-state index in [4.69, 9.17) is 0 Å². The fourth-order valence-corrected chi connectivity index (χ4v) is 3.10. The summed E-state index contributed by atoms with van der Waals surface area (Å²) in [6.45, 7) is 19.2. The summed E-state index contributed by atoms with van der Waals surface area (Å²) in [6.07, 6.45) is 0. The van der Waals surface area contributed by atoms with Crippen molar-refractivity contribution >= 4 is 10.9 Å². The normalized spacial score (nSPS) is 12.4. The molecule has 0 atom stereocenters. The average molecular weight is 257 g/mol. The summed E-state index contributed by atoms with van der Waals surface area (Å²) in [5.41, 5.74) is 8.85. The molecule has 1 aromatic carbocycles. The Morgan fingerprint density at radius 3 is 2.00 bits per heavy atom. The van der Waals surface area contributed by atoms with Gasteiger partial charge >= 0.3 is 0 Å². The van der Waals surface area contributed by atoms with Crippen LogP contribution in [0.25, 0.3) is 10.9 Å². The molecule has 1 heteroatoms. The van der Waals surface area contributed by atoms with Crippen molar-refractivity contribution in [2.45, 2.75) is 61.9 Å². The van der Waals surface area contributed by atoms with E-state index in [0.717, 1.165) is 6.54 Å². The second kappa shape index (κ2) is 4.40. The lowest BCUT2D eigenvalue weighted by Crippen LogP contribution is -2.16. The number of nitrogens with zero attached hydrogens (tertiary/aromatic N) is 1. The summed E-state index contributed by atoms with van der Waals surface area (Å²) in [5, 5.41) is 1.47. The van der Waals surface area contributed by atoms with Crippen molar-refractivity contribution in [3.63, 3.8) is 0 Å². The molecule has 19 heavy (non-hydrogen) atoms. The predicted octanol–water partition coefficient (Wildman–Crippen LogP) is 5.23. The van der Waals surface area contributed by atoms with E-state index in [9.17, 15) is 0 Å². The number of benzene rings is 1. The maximum atomic E-state index is 2.52. The quantitative estimate of drug-likeness (QED) is 0.659. The Morgan fingerprint density at radius 2 is 1.47 bits per heavy atom. The van der Waals surface area contributed by atoms with Crippen molar-refractivity contribution in [1.29, 1.82) is 0 Å². The Morgan fingerprint density at radius 1 is 0.895 bits per heavy atom. The topological polar surface area (TPSA) is 4.93 Å². The van der Waals surface area contributed by atoms with E-state index in [1.54, 1.807) is 0 Å². The van der Waals surface area contributed by atoms with Crippen LogP contribution in [-0.4, -0.2) is 4.57 Å². The Labute approximate surface area is 117 Å². The van der Waals surface area contributed by atoms with Gasteiger partial charge in [0, 0.05) is 17.6 Å². The fraction of sp³-hybridized carbons (Fsp3) is 0.556. The SMILES string of the molecule is Cc1cc(C)c2c(c1C)c(C)c(C)n2CC(C)(C)C. The minimum atomic E-state index is 0.300. The largest absolute Gasteiger partial charge is 0.344 e. The molecule has 104 valence electrons. The molecule has 0 radical (unpaired) electrons. The van der Waals surface area contributed by atoms with Crippen LogP contribution in [0.3, 0.4) is 0 Å². The van der Waals surface area contributed by atoms with Gasteiger partial charge in [-0.25, -0.2) is 0 Å². The number of rotatable bonds is 1. The molecular formula is C18H27N. The van der Waals surface area contributed by atoms with Gasteiger partial charge in [-0.15, -0.1) is 0 Å². The number of fused-ring (bicyclic) bond motifs is 1. The van der Waals surface area contributed by atoms with Gasteiger partial charge in [0.2, 0.25) is 0 Å². The van der Waals surface area contributed by atoms with Gasteiger partial charge in [0.05, 0.1) is 5.52 Å². The first-order chi connectivity index (χ1) is 8.63. The first-order valence-corrected chi connectivity index (χ1v) is 7.19. The van der Waals surface area contributed by atoms with E-state index in [1.165, 1.54) is 38.9 Å². The van der Waals surface area contributed by atoms with Crippen molar-refractivity contribution in [3.05, 3.63) is 34.0 Å². The molecule has 0 saturated carbocycles. The molecule has 2 rings (SSSR count). The van der Waals surface area contributed by atoms with Gasteiger partial charge in [-0.1, -0.05) is 26.8 Å². The van der Waals surface area contributed by atoms with Crippen LogP contribution in [0.5, 0.6) is 0 Å². The molecule has 0 amide bonds. The molecule has 0 aliphatic rings. The first-order valence-electron chi connectivity index (χ1n) is 7.19. The van der Waals surface area contributed by atoms with Crippen molar-refractivity contribution in [2.24, 2.45) is 5.41 Å². The van der Waals surface area contributed by atoms with Gasteiger partial charge in [-0.2, -0.15) is 0 Å². The molecule has 0 aliphatic heterocycles. The summed E-state index contributed by atoms with van der Waals surface area (Å²) in [4.78, 5) is 0. The Kier molecular flexibility index (Phi) is 3.28. The summed E-state index contributed by atoms with van der Waals surface area (Å²) >= 11 is 0. The van der Waals surface area contributed by atoms with Gasteiger partial charge < -0.3 is 4.57 Å². The highest BCUT2D eigenvalue weighted by Crippen LogP contribution is 2.34. The monoisotopic (exact) mass is 257 g/mol. The highest BCUT2D eigenvalue weighted by Gasteiger charge is 2.20. The van der Waals surface area contributed by atoms with Gasteiger partial charge in [-0.3, -0.25) is 0 Å². The average Bonchev–Trinajstić information content (AvgIpc) is 2.50. The van der Waals surface area contributed by atoms with E-state index < -0.39 is 0 Å². The standard InChI is InChI=1S/C18H27N/c1-11-9-12(2)17-16(13(11)3)14(4)15(5)19(17)10-18(6,7)8/h9H,10H2,1-8H3. The zero-order valence-corrected chi connectivity index (χ0v) is 13.7. The molecule has 0 fully saturated rings. The minimum Gasteiger partial charge on any atom is -0.344 e.